The van der Waals surface area contributed by atoms with Crippen molar-refractivity contribution in [2.75, 3.05) is 6.54 Å². The van der Waals surface area contributed by atoms with Gasteiger partial charge in [0.25, 0.3) is 5.91 Å². The summed E-state index contributed by atoms with van der Waals surface area (Å²) in [5.41, 5.74) is 0.334. The predicted octanol–water partition coefficient (Wildman–Crippen LogP) is -0.131. The van der Waals surface area contributed by atoms with Crippen LogP contribution in [-0.4, -0.2) is 40.7 Å². The van der Waals surface area contributed by atoms with Gasteiger partial charge in [0, 0.05) is 6.54 Å². The lowest BCUT2D eigenvalue weighted by atomic mass is 10.2. The SMILES string of the molecule is CC1NC(C(=O)N2CCC[C@@H]2C(=O)O)=CO1. The summed E-state index contributed by atoms with van der Waals surface area (Å²) in [5.74, 6) is -1.24. The van der Waals surface area contributed by atoms with Gasteiger partial charge in [-0.05, 0) is 19.8 Å². The second-order valence-corrected chi connectivity index (χ2v) is 3.95. The molecule has 1 saturated heterocycles. The van der Waals surface area contributed by atoms with E-state index in [9.17, 15) is 9.59 Å². The van der Waals surface area contributed by atoms with E-state index in [1.165, 1.54) is 11.2 Å². The molecule has 2 heterocycles. The molecule has 0 aliphatic carbocycles. The van der Waals surface area contributed by atoms with Gasteiger partial charge in [-0.15, -0.1) is 0 Å². The van der Waals surface area contributed by atoms with Crippen LogP contribution in [0.4, 0.5) is 0 Å². The number of carbonyl (C=O) groups excluding carboxylic acids is 1. The summed E-state index contributed by atoms with van der Waals surface area (Å²) >= 11 is 0. The first-order valence-electron chi connectivity index (χ1n) is 5.25. The zero-order chi connectivity index (χ0) is 11.7. The largest absolute Gasteiger partial charge is 0.480 e. The predicted molar refractivity (Wildman–Crippen MR) is 54.1 cm³/mol. The molecule has 0 saturated carbocycles. The number of nitrogens with zero attached hydrogens (tertiary/aromatic N) is 1. The number of hydrogen-bond donors (Lipinski definition) is 2. The van der Waals surface area contributed by atoms with Gasteiger partial charge in [-0.3, -0.25) is 4.79 Å². The van der Waals surface area contributed by atoms with E-state index in [-0.39, 0.29) is 12.1 Å². The Bertz CT molecular complexity index is 353. The van der Waals surface area contributed by atoms with Gasteiger partial charge >= 0.3 is 5.97 Å². The minimum Gasteiger partial charge on any atom is -0.480 e. The molecule has 0 radical (unpaired) electrons. The van der Waals surface area contributed by atoms with E-state index in [4.69, 9.17) is 9.84 Å². The molecular formula is C10H14N2O4. The van der Waals surface area contributed by atoms with Gasteiger partial charge < -0.3 is 20.1 Å². The molecular weight excluding hydrogens is 212 g/mol. The molecule has 1 fully saturated rings. The lowest BCUT2D eigenvalue weighted by Gasteiger charge is -2.21. The van der Waals surface area contributed by atoms with Gasteiger partial charge in [0.1, 0.15) is 18.0 Å². The van der Waals surface area contributed by atoms with Gasteiger partial charge in [0.2, 0.25) is 0 Å². The summed E-state index contributed by atoms with van der Waals surface area (Å²) < 4.78 is 5.07. The second kappa shape index (κ2) is 4.03. The molecule has 88 valence electrons. The summed E-state index contributed by atoms with van der Waals surface area (Å²) in [7, 11) is 0. The highest BCUT2D eigenvalue weighted by Crippen LogP contribution is 2.20. The number of carboxylic acid groups (broad SMARTS) is 1. The summed E-state index contributed by atoms with van der Waals surface area (Å²) in [5, 5.41) is 11.8. The van der Waals surface area contributed by atoms with E-state index >= 15 is 0 Å². The van der Waals surface area contributed by atoms with Crippen molar-refractivity contribution in [2.45, 2.75) is 32.0 Å². The highest BCUT2D eigenvalue weighted by atomic mass is 16.5. The van der Waals surface area contributed by atoms with Gasteiger partial charge in [-0.25, -0.2) is 4.79 Å². The Morgan fingerprint density at radius 3 is 2.94 bits per heavy atom. The third-order valence-electron chi connectivity index (χ3n) is 2.78. The number of aliphatic carboxylic acids is 1. The number of carboxylic acids is 1. The van der Waals surface area contributed by atoms with Crippen LogP contribution in [0.25, 0.3) is 0 Å². The summed E-state index contributed by atoms with van der Waals surface area (Å²) in [6.07, 6.45) is 2.37. The number of nitrogens with one attached hydrogen (secondary N) is 1. The zero-order valence-corrected chi connectivity index (χ0v) is 8.97. The summed E-state index contributed by atoms with van der Waals surface area (Å²) in [6, 6.07) is -0.703. The number of hydrogen-bond acceptors (Lipinski definition) is 4. The third-order valence-corrected chi connectivity index (χ3v) is 2.78. The van der Waals surface area contributed by atoms with Crippen LogP contribution >= 0.6 is 0 Å². The standard InChI is InChI=1S/C10H14N2O4/c1-6-11-7(5-16-6)9(13)12-4-2-3-8(12)10(14)15/h5-6,8,11H,2-4H2,1H3,(H,14,15)/t6?,8-/m1/s1. The summed E-state index contributed by atoms with van der Waals surface area (Å²) in [4.78, 5) is 24.3. The molecule has 2 atom stereocenters. The Kier molecular flexibility index (Phi) is 2.72. The van der Waals surface area contributed by atoms with Gasteiger partial charge in [-0.2, -0.15) is 0 Å². The van der Waals surface area contributed by atoms with Crippen LogP contribution in [0.2, 0.25) is 0 Å². The molecule has 16 heavy (non-hydrogen) atoms. The van der Waals surface area contributed by atoms with Crippen LogP contribution in [0, 0.1) is 0 Å². The topological polar surface area (TPSA) is 78.9 Å². The normalized spacial score (nSPS) is 28.3. The molecule has 6 heteroatoms. The molecule has 1 unspecified atom stereocenters. The Balaban J connectivity index is 2.07. The smallest absolute Gasteiger partial charge is 0.326 e. The van der Waals surface area contributed by atoms with E-state index < -0.39 is 12.0 Å². The Morgan fingerprint density at radius 2 is 2.38 bits per heavy atom. The van der Waals surface area contributed by atoms with Crippen molar-refractivity contribution in [3.05, 3.63) is 12.0 Å². The monoisotopic (exact) mass is 226 g/mol. The molecule has 0 aromatic rings. The van der Waals surface area contributed by atoms with Crippen LogP contribution in [0.5, 0.6) is 0 Å². The average Bonchev–Trinajstić information content (AvgIpc) is 2.84. The average molecular weight is 226 g/mol. The molecule has 2 aliphatic heterocycles. The van der Waals surface area contributed by atoms with Crippen LogP contribution in [0.15, 0.2) is 12.0 Å². The highest BCUT2D eigenvalue weighted by molar-refractivity contribution is 5.95. The molecule has 1 amide bonds. The fourth-order valence-electron chi connectivity index (χ4n) is 1.99. The van der Waals surface area contributed by atoms with Crippen molar-refractivity contribution in [3.8, 4) is 0 Å². The fraction of sp³-hybridized carbons (Fsp3) is 0.600. The number of rotatable bonds is 2. The molecule has 2 N–H and O–H groups in total. The second-order valence-electron chi connectivity index (χ2n) is 3.95. The Hall–Kier alpha value is -1.72. The van der Waals surface area contributed by atoms with Gasteiger partial charge in [0.05, 0.1) is 0 Å². The number of carbonyl (C=O) groups is 2. The third kappa shape index (κ3) is 1.82. The summed E-state index contributed by atoms with van der Waals surface area (Å²) in [6.45, 7) is 2.26. The van der Waals surface area contributed by atoms with Crippen LogP contribution in [0.3, 0.4) is 0 Å². The quantitative estimate of drug-likeness (QED) is 0.685. The van der Waals surface area contributed by atoms with Crippen molar-refractivity contribution in [1.82, 2.24) is 10.2 Å². The number of ether oxygens (including phenoxy) is 1. The van der Waals surface area contributed by atoms with Gasteiger partial charge in [0.15, 0.2) is 6.23 Å². The molecule has 2 rings (SSSR count). The number of amides is 1. The first kappa shape index (κ1) is 10.8. The zero-order valence-electron chi connectivity index (χ0n) is 8.97. The molecule has 0 aromatic heterocycles. The van der Waals surface area contributed by atoms with E-state index in [1.807, 2.05) is 0 Å². The van der Waals surface area contributed by atoms with Crippen LogP contribution in [0.1, 0.15) is 19.8 Å². The van der Waals surface area contributed by atoms with E-state index in [2.05, 4.69) is 5.32 Å². The van der Waals surface area contributed by atoms with Crippen molar-refractivity contribution in [2.24, 2.45) is 0 Å². The van der Waals surface area contributed by atoms with Gasteiger partial charge in [-0.1, -0.05) is 0 Å². The Morgan fingerprint density at radius 1 is 1.62 bits per heavy atom. The fourth-order valence-corrected chi connectivity index (χ4v) is 1.99. The molecule has 0 aromatic carbocycles. The van der Waals surface area contributed by atoms with E-state index in [0.29, 0.717) is 18.7 Å². The molecule has 6 nitrogen and oxygen atoms in total. The maximum Gasteiger partial charge on any atom is 0.326 e. The van der Waals surface area contributed by atoms with Crippen molar-refractivity contribution >= 4 is 11.9 Å². The lowest BCUT2D eigenvalue weighted by molar-refractivity contribution is -0.147. The van der Waals surface area contributed by atoms with Crippen LogP contribution < -0.4 is 5.32 Å². The highest BCUT2D eigenvalue weighted by Gasteiger charge is 2.36. The van der Waals surface area contributed by atoms with Crippen LogP contribution in [-0.2, 0) is 14.3 Å². The molecule has 0 bridgehead atoms. The minimum atomic E-state index is -0.946. The van der Waals surface area contributed by atoms with E-state index in [1.54, 1.807) is 6.92 Å². The molecule has 0 spiro atoms. The van der Waals surface area contributed by atoms with E-state index in [0.717, 1.165) is 6.42 Å². The first-order valence-corrected chi connectivity index (χ1v) is 5.25. The maximum absolute atomic E-state index is 12.0. The maximum atomic E-state index is 12.0. The van der Waals surface area contributed by atoms with Crippen molar-refractivity contribution in [3.63, 3.8) is 0 Å². The van der Waals surface area contributed by atoms with Crippen molar-refractivity contribution in [1.29, 1.82) is 0 Å². The first-order chi connectivity index (χ1) is 7.59. The number of likely N-dealkylation sites (tertiary alicyclic amines) is 1. The minimum absolute atomic E-state index is 0.232. The molecule has 2 aliphatic rings. The lowest BCUT2D eigenvalue weighted by Crippen LogP contribution is -2.43. The van der Waals surface area contributed by atoms with Crippen molar-refractivity contribution < 1.29 is 19.4 Å². The Labute approximate surface area is 92.9 Å².